The lowest BCUT2D eigenvalue weighted by molar-refractivity contribution is -0.142. The van der Waals surface area contributed by atoms with Crippen molar-refractivity contribution in [1.82, 2.24) is 4.90 Å². The molecule has 1 fully saturated rings. The van der Waals surface area contributed by atoms with E-state index >= 15 is 0 Å². The predicted molar refractivity (Wildman–Crippen MR) is 71.8 cm³/mol. The van der Waals surface area contributed by atoms with Crippen LogP contribution in [0, 0.1) is 11.8 Å². The van der Waals surface area contributed by atoms with E-state index in [2.05, 4.69) is 0 Å². The molecule has 19 heavy (non-hydrogen) atoms. The monoisotopic (exact) mass is 271 g/mol. The van der Waals surface area contributed by atoms with Crippen molar-refractivity contribution in [1.29, 1.82) is 0 Å². The highest BCUT2D eigenvalue weighted by molar-refractivity contribution is 5.79. The molecule has 1 aliphatic heterocycles. The quantitative estimate of drug-likeness (QED) is 0.799. The van der Waals surface area contributed by atoms with Crippen molar-refractivity contribution in [2.45, 2.75) is 46.1 Å². The normalized spacial score (nSPS) is 18.3. The first-order valence-corrected chi connectivity index (χ1v) is 7.03. The lowest BCUT2D eigenvalue weighted by Gasteiger charge is -2.33. The zero-order valence-corrected chi connectivity index (χ0v) is 12.1. The molecule has 0 aliphatic carbocycles. The summed E-state index contributed by atoms with van der Waals surface area (Å²) in [5, 5.41) is 8.76. The Morgan fingerprint density at radius 1 is 1.26 bits per heavy atom. The zero-order valence-electron chi connectivity index (χ0n) is 12.1. The maximum Gasteiger partial charge on any atom is 0.305 e. The summed E-state index contributed by atoms with van der Waals surface area (Å²) in [5.74, 6) is -0.493. The second-order valence-corrected chi connectivity index (χ2v) is 5.51. The van der Waals surface area contributed by atoms with Gasteiger partial charge in [-0.2, -0.15) is 0 Å². The molecule has 5 nitrogen and oxygen atoms in total. The minimum Gasteiger partial charge on any atom is -0.481 e. The molecule has 0 spiro atoms. The van der Waals surface area contributed by atoms with E-state index in [1.165, 1.54) is 0 Å². The summed E-state index contributed by atoms with van der Waals surface area (Å²) in [7, 11) is 0. The number of amides is 1. The van der Waals surface area contributed by atoms with E-state index in [0.29, 0.717) is 12.5 Å². The standard InChI is InChI=1S/C14H25NO4/c1-10(2)15(7-4-13(16)17)14(18)11(3)12-5-8-19-9-6-12/h10-12H,4-9H2,1-3H3,(H,16,17). The molecular formula is C14H25NO4. The molecule has 1 N–H and O–H groups in total. The van der Waals surface area contributed by atoms with E-state index in [0.717, 1.165) is 26.1 Å². The Morgan fingerprint density at radius 3 is 2.32 bits per heavy atom. The lowest BCUT2D eigenvalue weighted by atomic mass is 9.86. The second kappa shape index (κ2) is 7.48. The first kappa shape index (κ1) is 16.0. The molecule has 0 aromatic carbocycles. The summed E-state index contributed by atoms with van der Waals surface area (Å²) in [5.41, 5.74) is 0. The van der Waals surface area contributed by atoms with Gasteiger partial charge in [-0.1, -0.05) is 6.92 Å². The molecule has 1 unspecified atom stereocenters. The number of ether oxygens (including phenoxy) is 1. The van der Waals surface area contributed by atoms with Crippen LogP contribution in [0.25, 0.3) is 0 Å². The number of carbonyl (C=O) groups excluding carboxylic acids is 1. The molecule has 1 rings (SSSR count). The number of aliphatic carboxylic acids is 1. The van der Waals surface area contributed by atoms with Gasteiger partial charge in [0.05, 0.1) is 6.42 Å². The van der Waals surface area contributed by atoms with E-state index in [9.17, 15) is 9.59 Å². The minimum atomic E-state index is -0.864. The van der Waals surface area contributed by atoms with Crippen LogP contribution in [0.4, 0.5) is 0 Å². The highest BCUT2D eigenvalue weighted by Gasteiger charge is 2.30. The van der Waals surface area contributed by atoms with Crippen LogP contribution < -0.4 is 0 Å². The minimum absolute atomic E-state index is 0.00438. The van der Waals surface area contributed by atoms with Crippen LogP contribution in [0.3, 0.4) is 0 Å². The molecule has 1 aliphatic rings. The lowest BCUT2D eigenvalue weighted by Crippen LogP contribution is -2.44. The number of carbonyl (C=O) groups is 2. The molecule has 5 heteroatoms. The Balaban J connectivity index is 2.61. The van der Waals surface area contributed by atoms with Crippen molar-refractivity contribution in [2.24, 2.45) is 11.8 Å². The Hall–Kier alpha value is -1.10. The molecule has 0 saturated carbocycles. The largest absolute Gasteiger partial charge is 0.481 e. The van der Waals surface area contributed by atoms with Crippen LogP contribution in [0.5, 0.6) is 0 Å². The van der Waals surface area contributed by atoms with Crippen molar-refractivity contribution < 1.29 is 19.4 Å². The average Bonchev–Trinajstić information content (AvgIpc) is 2.38. The fourth-order valence-corrected chi connectivity index (χ4v) is 2.52. The van der Waals surface area contributed by atoms with Crippen LogP contribution in [-0.4, -0.2) is 47.7 Å². The van der Waals surface area contributed by atoms with Crippen LogP contribution in [0.1, 0.15) is 40.0 Å². The van der Waals surface area contributed by atoms with Gasteiger partial charge >= 0.3 is 5.97 Å². The Labute approximate surface area is 114 Å². The van der Waals surface area contributed by atoms with Crippen LogP contribution in [0.15, 0.2) is 0 Å². The van der Waals surface area contributed by atoms with Crippen LogP contribution in [0.2, 0.25) is 0 Å². The van der Waals surface area contributed by atoms with Gasteiger partial charge in [-0.15, -0.1) is 0 Å². The molecule has 110 valence electrons. The van der Waals surface area contributed by atoms with Gasteiger partial charge < -0.3 is 14.7 Å². The molecule has 1 heterocycles. The molecule has 0 aromatic heterocycles. The van der Waals surface area contributed by atoms with Crippen LogP contribution in [-0.2, 0) is 14.3 Å². The fraction of sp³-hybridized carbons (Fsp3) is 0.857. The Morgan fingerprint density at radius 2 is 1.84 bits per heavy atom. The van der Waals surface area contributed by atoms with E-state index in [1.54, 1.807) is 4.90 Å². The van der Waals surface area contributed by atoms with E-state index < -0.39 is 5.97 Å². The highest BCUT2D eigenvalue weighted by Crippen LogP contribution is 2.25. The molecule has 0 bridgehead atoms. The third kappa shape index (κ3) is 4.82. The molecule has 0 radical (unpaired) electrons. The van der Waals surface area contributed by atoms with E-state index in [-0.39, 0.29) is 24.3 Å². The van der Waals surface area contributed by atoms with Gasteiger partial charge in [-0.3, -0.25) is 9.59 Å². The van der Waals surface area contributed by atoms with Crippen molar-refractivity contribution in [2.75, 3.05) is 19.8 Å². The van der Waals surface area contributed by atoms with Crippen molar-refractivity contribution in [3.05, 3.63) is 0 Å². The number of carboxylic acid groups (broad SMARTS) is 1. The average molecular weight is 271 g/mol. The summed E-state index contributed by atoms with van der Waals surface area (Å²) in [6.45, 7) is 7.54. The SMILES string of the molecule is CC(C(=O)N(CCC(=O)O)C(C)C)C1CCOCC1. The predicted octanol–water partition coefficient (Wildman–Crippen LogP) is 1.76. The maximum absolute atomic E-state index is 12.5. The number of hydrogen-bond donors (Lipinski definition) is 1. The summed E-state index contributed by atoms with van der Waals surface area (Å²) in [4.78, 5) is 24.8. The third-order valence-electron chi connectivity index (χ3n) is 3.84. The first-order valence-electron chi connectivity index (χ1n) is 7.03. The van der Waals surface area contributed by atoms with E-state index in [1.807, 2.05) is 20.8 Å². The van der Waals surface area contributed by atoms with Crippen molar-refractivity contribution >= 4 is 11.9 Å². The Bertz CT molecular complexity index is 311. The first-order chi connectivity index (χ1) is 8.93. The van der Waals surface area contributed by atoms with Gasteiger partial charge in [0.1, 0.15) is 0 Å². The van der Waals surface area contributed by atoms with Gasteiger partial charge in [0, 0.05) is 31.7 Å². The van der Waals surface area contributed by atoms with Gasteiger partial charge in [0.2, 0.25) is 5.91 Å². The third-order valence-corrected chi connectivity index (χ3v) is 3.84. The number of carboxylic acids is 1. The van der Waals surface area contributed by atoms with E-state index in [4.69, 9.17) is 9.84 Å². The molecule has 1 saturated heterocycles. The number of nitrogens with zero attached hydrogens (tertiary/aromatic N) is 1. The summed E-state index contributed by atoms with van der Waals surface area (Å²) >= 11 is 0. The second-order valence-electron chi connectivity index (χ2n) is 5.51. The molecule has 1 amide bonds. The van der Waals surface area contributed by atoms with Gasteiger partial charge in [-0.05, 0) is 32.6 Å². The Kier molecular flexibility index (Phi) is 6.28. The summed E-state index contributed by atoms with van der Waals surface area (Å²) in [6, 6.07) is 0.0362. The van der Waals surface area contributed by atoms with Gasteiger partial charge in [-0.25, -0.2) is 0 Å². The summed E-state index contributed by atoms with van der Waals surface area (Å²) in [6.07, 6.45) is 1.83. The van der Waals surface area contributed by atoms with Gasteiger partial charge in [0.25, 0.3) is 0 Å². The zero-order chi connectivity index (χ0) is 14.4. The van der Waals surface area contributed by atoms with Crippen molar-refractivity contribution in [3.63, 3.8) is 0 Å². The van der Waals surface area contributed by atoms with Crippen LogP contribution >= 0.6 is 0 Å². The maximum atomic E-state index is 12.5. The highest BCUT2D eigenvalue weighted by atomic mass is 16.5. The summed E-state index contributed by atoms with van der Waals surface area (Å²) < 4.78 is 5.31. The molecule has 0 aromatic rings. The number of rotatable bonds is 6. The van der Waals surface area contributed by atoms with Crippen molar-refractivity contribution in [3.8, 4) is 0 Å². The molecule has 1 atom stereocenters. The van der Waals surface area contributed by atoms with Gasteiger partial charge in [0.15, 0.2) is 0 Å². The number of hydrogen-bond acceptors (Lipinski definition) is 3. The fourth-order valence-electron chi connectivity index (χ4n) is 2.52. The molecular weight excluding hydrogens is 246 g/mol. The topological polar surface area (TPSA) is 66.8 Å². The smallest absolute Gasteiger partial charge is 0.305 e.